The van der Waals surface area contributed by atoms with Gasteiger partial charge in [0.2, 0.25) is 0 Å². The quantitative estimate of drug-likeness (QED) is 0.584. The van der Waals surface area contributed by atoms with Crippen LogP contribution in [0.15, 0.2) is 22.7 Å². The van der Waals surface area contributed by atoms with Crippen LogP contribution in [0.3, 0.4) is 0 Å². The van der Waals surface area contributed by atoms with Crippen molar-refractivity contribution in [1.82, 2.24) is 4.98 Å². The van der Waals surface area contributed by atoms with E-state index in [1.54, 1.807) is 6.07 Å². The predicted molar refractivity (Wildman–Crippen MR) is 54.0 cm³/mol. The van der Waals surface area contributed by atoms with Gasteiger partial charge in [0, 0.05) is 4.47 Å². The average Bonchev–Trinajstić information content (AvgIpc) is 2.46. The van der Waals surface area contributed by atoms with E-state index in [2.05, 4.69) is 20.9 Å². The van der Waals surface area contributed by atoms with Gasteiger partial charge in [0.15, 0.2) is 5.52 Å². The highest BCUT2D eigenvalue weighted by Gasteiger charge is 2.14. The zero-order valence-electron chi connectivity index (χ0n) is 6.23. The molecule has 0 aliphatic rings. The van der Waals surface area contributed by atoms with Crippen LogP contribution < -0.4 is 0 Å². The summed E-state index contributed by atoms with van der Waals surface area (Å²) >= 11 is 4.37. The molecule has 0 radical (unpaired) electrons. The molecular formula is C7H3BrN2O2S. The topological polar surface area (TPSA) is 56.0 Å². The molecule has 0 atom stereocenters. The maximum atomic E-state index is 10.4. The first kappa shape index (κ1) is 8.58. The molecule has 4 nitrogen and oxygen atoms in total. The molecule has 0 unspecified atom stereocenters. The third-order valence-electron chi connectivity index (χ3n) is 1.50. The van der Waals surface area contributed by atoms with Gasteiger partial charge in [0.1, 0.15) is 0 Å². The molecule has 1 aromatic heterocycles. The van der Waals surface area contributed by atoms with Crippen LogP contribution in [-0.4, -0.2) is 9.91 Å². The summed E-state index contributed by atoms with van der Waals surface area (Å²) in [6, 6.07) is 5.38. The standard InChI is InChI=1S/C7H3BrN2O2S/c8-4-1-2-5-6(3-4)13-7(9-5)10(11)12/h1-3H. The van der Waals surface area contributed by atoms with Crippen LogP contribution in [0.1, 0.15) is 0 Å². The van der Waals surface area contributed by atoms with Crippen LogP contribution in [0.25, 0.3) is 10.2 Å². The fourth-order valence-corrected chi connectivity index (χ4v) is 2.30. The van der Waals surface area contributed by atoms with Crippen molar-refractivity contribution in [1.29, 1.82) is 0 Å². The lowest BCUT2D eigenvalue weighted by molar-refractivity contribution is -0.384. The van der Waals surface area contributed by atoms with Gasteiger partial charge in [0.05, 0.1) is 4.70 Å². The van der Waals surface area contributed by atoms with Crippen molar-refractivity contribution < 1.29 is 4.92 Å². The molecule has 0 fully saturated rings. The summed E-state index contributed by atoms with van der Waals surface area (Å²) in [4.78, 5) is 13.8. The lowest BCUT2D eigenvalue weighted by Gasteiger charge is -1.83. The minimum absolute atomic E-state index is 0.0619. The molecule has 0 aliphatic carbocycles. The van der Waals surface area contributed by atoms with E-state index >= 15 is 0 Å². The van der Waals surface area contributed by atoms with E-state index < -0.39 is 4.92 Å². The summed E-state index contributed by atoms with van der Waals surface area (Å²) in [5.74, 6) is 0. The second-order valence-electron chi connectivity index (χ2n) is 2.37. The van der Waals surface area contributed by atoms with E-state index in [4.69, 9.17) is 0 Å². The summed E-state index contributed by atoms with van der Waals surface area (Å²) in [5, 5.41) is 10.3. The van der Waals surface area contributed by atoms with Gasteiger partial charge in [-0.2, -0.15) is 0 Å². The Morgan fingerprint density at radius 2 is 2.31 bits per heavy atom. The zero-order chi connectivity index (χ0) is 9.42. The summed E-state index contributed by atoms with van der Waals surface area (Å²) in [5.41, 5.74) is 0.667. The largest absolute Gasteiger partial charge is 0.424 e. The number of nitro groups is 1. The van der Waals surface area contributed by atoms with Crippen molar-refractivity contribution in [2.24, 2.45) is 0 Å². The van der Waals surface area contributed by atoms with Crippen LogP contribution in [0, 0.1) is 10.1 Å². The fourth-order valence-electron chi connectivity index (χ4n) is 0.964. The second-order valence-corrected chi connectivity index (χ2v) is 4.29. The second kappa shape index (κ2) is 3.04. The van der Waals surface area contributed by atoms with Gasteiger partial charge < -0.3 is 10.1 Å². The zero-order valence-corrected chi connectivity index (χ0v) is 8.63. The van der Waals surface area contributed by atoms with Crippen molar-refractivity contribution in [3.8, 4) is 0 Å². The Morgan fingerprint density at radius 1 is 1.54 bits per heavy atom. The Morgan fingerprint density at radius 3 is 3.00 bits per heavy atom. The minimum atomic E-state index is -0.474. The van der Waals surface area contributed by atoms with Crippen LogP contribution in [-0.2, 0) is 0 Å². The highest BCUT2D eigenvalue weighted by Crippen LogP contribution is 2.29. The van der Waals surface area contributed by atoms with Crippen LogP contribution >= 0.6 is 27.3 Å². The SMILES string of the molecule is O=[N+]([O-])c1nc2ccc(Br)cc2s1. The minimum Gasteiger partial charge on any atom is -0.357 e. The van der Waals surface area contributed by atoms with Crippen molar-refractivity contribution in [2.45, 2.75) is 0 Å². The van der Waals surface area contributed by atoms with E-state index in [0.29, 0.717) is 5.52 Å². The van der Waals surface area contributed by atoms with Crippen LogP contribution in [0.4, 0.5) is 5.13 Å². The number of hydrogen-bond donors (Lipinski definition) is 0. The molecule has 6 heteroatoms. The molecule has 1 heterocycles. The Bertz CT molecular complexity index is 482. The van der Waals surface area contributed by atoms with Crippen molar-refractivity contribution >= 4 is 42.6 Å². The van der Waals surface area contributed by atoms with Crippen molar-refractivity contribution in [3.63, 3.8) is 0 Å². The highest BCUT2D eigenvalue weighted by molar-refractivity contribution is 9.10. The van der Waals surface area contributed by atoms with E-state index in [0.717, 1.165) is 20.5 Å². The number of hydrogen-bond acceptors (Lipinski definition) is 4. The van der Waals surface area contributed by atoms with E-state index in [-0.39, 0.29) is 5.13 Å². The Kier molecular flexibility index (Phi) is 2.01. The molecule has 0 N–H and O–H groups in total. The van der Waals surface area contributed by atoms with Gasteiger partial charge >= 0.3 is 5.13 Å². The molecule has 2 aromatic rings. The molecule has 0 bridgehead atoms. The summed E-state index contributed by atoms with van der Waals surface area (Å²) in [7, 11) is 0. The third kappa shape index (κ3) is 1.54. The number of rotatable bonds is 1. The molecule has 0 saturated carbocycles. The lowest BCUT2D eigenvalue weighted by atomic mass is 10.3. The molecule has 66 valence electrons. The first-order chi connectivity index (χ1) is 6.16. The summed E-state index contributed by atoms with van der Waals surface area (Å²) in [6.07, 6.45) is 0. The number of benzene rings is 1. The maximum absolute atomic E-state index is 10.4. The normalized spacial score (nSPS) is 10.5. The van der Waals surface area contributed by atoms with Crippen molar-refractivity contribution in [3.05, 3.63) is 32.8 Å². The van der Waals surface area contributed by atoms with E-state index in [1.165, 1.54) is 0 Å². The molecule has 1 aromatic carbocycles. The molecule has 0 amide bonds. The van der Waals surface area contributed by atoms with Crippen LogP contribution in [0.5, 0.6) is 0 Å². The maximum Gasteiger partial charge on any atom is 0.424 e. The molecule has 0 saturated heterocycles. The van der Waals surface area contributed by atoms with Gasteiger partial charge in [-0.15, -0.1) is 0 Å². The number of thiazole rings is 1. The number of halogens is 1. The summed E-state index contributed by atoms with van der Waals surface area (Å²) in [6.45, 7) is 0. The van der Waals surface area contributed by atoms with E-state index in [1.807, 2.05) is 12.1 Å². The monoisotopic (exact) mass is 258 g/mol. The summed E-state index contributed by atoms with van der Waals surface area (Å²) < 4.78 is 1.72. The Hall–Kier alpha value is -1.01. The highest BCUT2D eigenvalue weighted by atomic mass is 79.9. The van der Waals surface area contributed by atoms with Gasteiger partial charge in [-0.3, -0.25) is 0 Å². The predicted octanol–water partition coefficient (Wildman–Crippen LogP) is 2.97. The third-order valence-corrected chi connectivity index (χ3v) is 2.96. The van der Waals surface area contributed by atoms with Gasteiger partial charge in [-0.05, 0) is 39.4 Å². The van der Waals surface area contributed by atoms with Gasteiger partial charge in [-0.25, -0.2) is 0 Å². The van der Waals surface area contributed by atoms with Crippen molar-refractivity contribution in [2.75, 3.05) is 0 Å². The molecule has 2 rings (SSSR count). The lowest BCUT2D eigenvalue weighted by Crippen LogP contribution is -1.84. The Labute approximate surface area is 85.5 Å². The number of nitrogens with zero attached hydrogens (tertiary/aromatic N) is 2. The first-order valence-corrected chi connectivity index (χ1v) is 4.98. The smallest absolute Gasteiger partial charge is 0.357 e. The number of fused-ring (bicyclic) bond motifs is 1. The Balaban J connectivity index is 2.68. The average molecular weight is 259 g/mol. The van der Waals surface area contributed by atoms with Gasteiger partial charge in [0.25, 0.3) is 0 Å². The molecular weight excluding hydrogens is 256 g/mol. The molecule has 13 heavy (non-hydrogen) atoms. The van der Waals surface area contributed by atoms with Gasteiger partial charge in [-0.1, -0.05) is 15.9 Å². The van der Waals surface area contributed by atoms with Crippen LogP contribution in [0.2, 0.25) is 0 Å². The van der Waals surface area contributed by atoms with E-state index in [9.17, 15) is 10.1 Å². The number of aromatic nitrogens is 1. The molecule has 0 aliphatic heterocycles. The first-order valence-electron chi connectivity index (χ1n) is 3.37. The molecule has 0 spiro atoms. The fraction of sp³-hybridized carbons (Fsp3) is 0.